The minimum absolute atomic E-state index is 0.00470. The van der Waals surface area contributed by atoms with Crippen molar-refractivity contribution in [3.05, 3.63) is 30.3 Å². The number of nitrogens with zero attached hydrogens (tertiary/aromatic N) is 1. The minimum Gasteiger partial charge on any atom is -0.344 e. The van der Waals surface area contributed by atoms with Gasteiger partial charge in [-0.05, 0) is 30.9 Å². The molecular formula is C19H27N3O3. The smallest absolute Gasteiger partial charge is 0.245 e. The van der Waals surface area contributed by atoms with E-state index in [-0.39, 0.29) is 29.6 Å². The Morgan fingerprint density at radius 3 is 2.44 bits per heavy atom. The number of amides is 3. The molecule has 6 heteroatoms. The molecule has 2 rings (SSSR count). The average Bonchev–Trinajstić information content (AvgIpc) is 2.59. The van der Waals surface area contributed by atoms with Crippen LogP contribution in [0.4, 0.5) is 5.69 Å². The molecular weight excluding hydrogens is 318 g/mol. The zero-order valence-electron chi connectivity index (χ0n) is 15.1. The first-order valence-electron chi connectivity index (χ1n) is 8.80. The highest BCUT2D eigenvalue weighted by Gasteiger charge is 2.33. The highest BCUT2D eigenvalue weighted by Crippen LogP contribution is 2.20. The second-order valence-electron chi connectivity index (χ2n) is 6.90. The van der Waals surface area contributed by atoms with Crippen LogP contribution in [-0.4, -0.2) is 41.8 Å². The summed E-state index contributed by atoms with van der Waals surface area (Å²) < 4.78 is 0. The minimum atomic E-state index is -0.548. The molecule has 2 atom stereocenters. The third kappa shape index (κ3) is 5.31. The Kier molecular flexibility index (Phi) is 6.56. The van der Waals surface area contributed by atoms with E-state index in [4.69, 9.17) is 0 Å². The van der Waals surface area contributed by atoms with Gasteiger partial charge >= 0.3 is 0 Å². The van der Waals surface area contributed by atoms with Gasteiger partial charge in [-0.15, -0.1) is 0 Å². The van der Waals surface area contributed by atoms with Crippen molar-refractivity contribution in [2.75, 3.05) is 18.4 Å². The molecule has 0 spiro atoms. The van der Waals surface area contributed by atoms with Crippen molar-refractivity contribution in [1.29, 1.82) is 0 Å². The highest BCUT2D eigenvalue weighted by molar-refractivity contribution is 5.93. The van der Waals surface area contributed by atoms with Crippen molar-refractivity contribution < 1.29 is 14.4 Å². The molecule has 1 aliphatic rings. The van der Waals surface area contributed by atoms with Crippen molar-refractivity contribution in [1.82, 2.24) is 10.2 Å². The second-order valence-corrected chi connectivity index (χ2v) is 6.90. The van der Waals surface area contributed by atoms with E-state index in [1.165, 1.54) is 6.92 Å². The lowest BCUT2D eigenvalue weighted by molar-refractivity contribution is -0.140. The molecule has 1 saturated heterocycles. The third-order valence-electron chi connectivity index (χ3n) is 4.44. The molecule has 1 aromatic carbocycles. The van der Waals surface area contributed by atoms with E-state index in [9.17, 15) is 14.4 Å². The summed E-state index contributed by atoms with van der Waals surface area (Å²) in [6.07, 6.45) is 1.54. The third-order valence-corrected chi connectivity index (χ3v) is 4.44. The van der Waals surface area contributed by atoms with Crippen LogP contribution in [0.5, 0.6) is 0 Å². The molecule has 0 aromatic heterocycles. The molecule has 0 unspecified atom stereocenters. The predicted molar refractivity (Wildman–Crippen MR) is 96.8 cm³/mol. The van der Waals surface area contributed by atoms with E-state index >= 15 is 0 Å². The first-order chi connectivity index (χ1) is 11.9. The van der Waals surface area contributed by atoms with Crippen LogP contribution in [0.3, 0.4) is 0 Å². The maximum atomic E-state index is 12.8. The number of carbonyl (C=O) groups excluding carboxylic acids is 3. The summed E-state index contributed by atoms with van der Waals surface area (Å²) >= 11 is 0. The fraction of sp³-hybridized carbons (Fsp3) is 0.526. The fourth-order valence-corrected chi connectivity index (χ4v) is 3.09. The van der Waals surface area contributed by atoms with Gasteiger partial charge in [-0.2, -0.15) is 0 Å². The Bertz CT molecular complexity index is 616. The van der Waals surface area contributed by atoms with E-state index in [1.54, 1.807) is 4.90 Å². The number of rotatable bonds is 5. The number of benzene rings is 1. The van der Waals surface area contributed by atoms with Gasteiger partial charge in [0.15, 0.2) is 0 Å². The molecule has 0 bridgehead atoms. The molecule has 136 valence electrons. The molecule has 6 nitrogen and oxygen atoms in total. The summed E-state index contributed by atoms with van der Waals surface area (Å²) in [6, 6.07) is 8.77. The van der Waals surface area contributed by atoms with E-state index in [1.807, 2.05) is 44.2 Å². The number of anilines is 1. The van der Waals surface area contributed by atoms with Gasteiger partial charge in [-0.3, -0.25) is 14.4 Å². The topological polar surface area (TPSA) is 78.5 Å². The largest absolute Gasteiger partial charge is 0.344 e. The van der Waals surface area contributed by atoms with Crippen LogP contribution >= 0.6 is 0 Å². The maximum absolute atomic E-state index is 12.8. The zero-order valence-corrected chi connectivity index (χ0v) is 15.1. The molecule has 1 heterocycles. The van der Waals surface area contributed by atoms with Gasteiger partial charge in [0.25, 0.3) is 0 Å². The van der Waals surface area contributed by atoms with Gasteiger partial charge < -0.3 is 15.5 Å². The van der Waals surface area contributed by atoms with Gasteiger partial charge in [-0.1, -0.05) is 32.0 Å². The van der Waals surface area contributed by atoms with Crippen molar-refractivity contribution in [3.63, 3.8) is 0 Å². The van der Waals surface area contributed by atoms with Gasteiger partial charge in [0.1, 0.15) is 6.04 Å². The van der Waals surface area contributed by atoms with Crippen LogP contribution in [0.25, 0.3) is 0 Å². The lowest BCUT2D eigenvalue weighted by Gasteiger charge is -2.35. The number of hydrogen-bond donors (Lipinski definition) is 2. The number of nitrogens with one attached hydrogen (secondary N) is 2. The lowest BCUT2D eigenvalue weighted by Crippen LogP contribution is -2.54. The monoisotopic (exact) mass is 345 g/mol. The molecule has 3 amide bonds. The van der Waals surface area contributed by atoms with Gasteiger partial charge in [0, 0.05) is 25.7 Å². The molecule has 2 N–H and O–H groups in total. The van der Waals surface area contributed by atoms with Crippen LogP contribution in [0.2, 0.25) is 0 Å². The van der Waals surface area contributed by atoms with Crippen LogP contribution in [0.15, 0.2) is 30.3 Å². The number of hydrogen-bond acceptors (Lipinski definition) is 3. The number of likely N-dealkylation sites (tertiary alicyclic amines) is 1. The van der Waals surface area contributed by atoms with Crippen molar-refractivity contribution in [2.45, 2.75) is 39.7 Å². The SMILES string of the molecule is CC(=O)N[C@H](C(=O)N1CCC[C@H](C(=O)Nc2ccccc2)C1)C(C)C. The molecule has 1 fully saturated rings. The van der Waals surface area contributed by atoms with Gasteiger partial charge in [0.05, 0.1) is 5.92 Å². The standard InChI is InChI=1S/C19H27N3O3/c1-13(2)17(20-14(3)23)19(25)22-11-7-8-15(12-22)18(24)21-16-9-5-4-6-10-16/h4-6,9-10,13,15,17H,7-8,11-12H2,1-3H3,(H,20,23)(H,21,24)/t15-,17-/m0/s1. The average molecular weight is 345 g/mol. The van der Waals surface area contributed by atoms with E-state index in [0.29, 0.717) is 13.1 Å². The first-order valence-corrected chi connectivity index (χ1v) is 8.80. The normalized spacial score (nSPS) is 18.6. The molecule has 0 saturated carbocycles. The number of piperidine rings is 1. The molecule has 0 radical (unpaired) electrons. The summed E-state index contributed by atoms with van der Waals surface area (Å²) in [5.74, 6) is -0.632. The van der Waals surface area contributed by atoms with Crippen molar-refractivity contribution >= 4 is 23.4 Å². The molecule has 25 heavy (non-hydrogen) atoms. The summed E-state index contributed by atoms with van der Waals surface area (Å²) in [7, 11) is 0. The van der Waals surface area contributed by atoms with Crippen LogP contribution in [0, 0.1) is 11.8 Å². The predicted octanol–water partition coefficient (Wildman–Crippen LogP) is 2.02. The van der Waals surface area contributed by atoms with E-state index < -0.39 is 6.04 Å². The van der Waals surface area contributed by atoms with E-state index in [2.05, 4.69) is 10.6 Å². The summed E-state index contributed by atoms with van der Waals surface area (Å²) in [5.41, 5.74) is 0.759. The molecule has 1 aromatic rings. The fourth-order valence-electron chi connectivity index (χ4n) is 3.09. The van der Waals surface area contributed by atoms with Crippen LogP contribution in [0.1, 0.15) is 33.6 Å². The first kappa shape index (κ1) is 19.0. The zero-order chi connectivity index (χ0) is 18.4. The van der Waals surface area contributed by atoms with Crippen molar-refractivity contribution in [2.24, 2.45) is 11.8 Å². The molecule has 0 aliphatic carbocycles. The number of carbonyl (C=O) groups is 3. The Morgan fingerprint density at radius 2 is 1.84 bits per heavy atom. The Hall–Kier alpha value is -2.37. The maximum Gasteiger partial charge on any atom is 0.245 e. The Balaban J connectivity index is 2.00. The van der Waals surface area contributed by atoms with E-state index in [0.717, 1.165) is 18.5 Å². The Morgan fingerprint density at radius 1 is 1.16 bits per heavy atom. The quantitative estimate of drug-likeness (QED) is 0.857. The summed E-state index contributed by atoms with van der Waals surface area (Å²) in [5, 5.41) is 5.64. The lowest BCUT2D eigenvalue weighted by atomic mass is 9.95. The van der Waals surface area contributed by atoms with Gasteiger partial charge in [0.2, 0.25) is 17.7 Å². The van der Waals surface area contributed by atoms with Gasteiger partial charge in [-0.25, -0.2) is 0 Å². The van der Waals surface area contributed by atoms with Crippen molar-refractivity contribution in [3.8, 4) is 0 Å². The second kappa shape index (κ2) is 8.65. The van der Waals surface area contributed by atoms with Crippen LogP contribution in [-0.2, 0) is 14.4 Å². The summed E-state index contributed by atoms with van der Waals surface area (Å²) in [4.78, 5) is 38.4. The highest BCUT2D eigenvalue weighted by atomic mass is 16.2. The Labute approximate surface area is 149 Å². The summed E-state index contributed by atoms with van der Waals surface area (Å²) in [6.45, 7) is 6.23. The van der Waals surface area contributed by atoms with Crippen LogP contribution < -0.4 is 10.6 Å². The molecule has 1 aliphatic heterocycles. The number of para-hydroxylation sites is 1.